The molecule has 34 heavy (non-hydrogen) atoms. The number of non-ortho nitro benzene ring substituents is 1. The lowest BCUT2D eigenvalue weighted by Gasteiger charge is -2.15. The number of sulfonamides is 1. The number of esters is 1. The molecule has 0 spiro atoms. The van der Waals surface area contributed by atoms with Crippen molar-refractivity contribution in [1.29, 1.82) is 0 Å². The normalized spacial score (nSPS) is 11.8. The van der Waals surface area contributed by atoms with Gasteiger partial charge in [0.25, 0.3) is 21.6 Å². The topological polar surface area (TPSA) is 154 Å². The molecule has 1 amide bonds. The summed E-state index contributed by atoms with van der Waals surface area (Å²) in [5.74, 6) is -1.35. The lowest BCUT2D eigenvalue weighted by molar-refractivity contribution is -0.384. The lowest BCUT2D eigenvalue weighted by atomic mass is 10.2. The van der Waals surface area contributed by atoms with Gasteiger partial charge in [0, 0.05) is 17.8 Å². The monoisotopic (exact) mass is 505 g/mol. The van der Waals surface area contributed by atoms with E-state index >= 15 is 0 Å². The molecule has 0 aliphatic carbocycles. The Morgan fingerprint density at radius 3 is 2.41 bits per heavy atom. The molecule has 0 unspecified atom stereocenters. The predicted molar refractivity (Wildman–Crippen MR) is 125 cm³/mol. The fraction of sp³-hybridized carbons (Fsp3) is 0.143. The SMILES string of the molecule is COc1ccc([N+](=O)[O-])cc1NC(=O)[C@H](C)OC(=O)c1ccc(NS(=O)(=O)c2cccs2)cc1. The Kier molecular flexibility index (Phi) is 7.48. The second kappa shape index (κ2) is 10.3. The smallest absolute Gasteiger partial charge is 0.338 e. The minimum atomic E-state index is -3.73. The van der Waals surface area contributed by atoms with Crippen LogP contribution in [0.3, 0.4) is 0 Å². The number of hydrogen-bond donors (Lipinski definition) is 2. The summed E-state index contributed by atoms with van der Waals surface area (Å²) in [7, 11) is -2.39. The number of hydrogen-bond acceptors (Lipinski definition) is 9. The van der Waals surface area contributed by atoms with E-state index in [1.54, 1.807) is 11.4 Å². The number of benzene rings is 2. The zero-order valence-electron chi connectivity index (χ0n) is 17.9. The van der Waals surface area contributed by atoms with Gasteiger partial charge in [0.1, 0.15) is 9.96 Å². The average molecular weight is 506 g/mol. The van der Waals surface area contributed by atoms with E-state index in [-0.39, 0.29) is 32.6 Å². The first-order chi connectivity index (χ1) is 16.1. The molecule has 0 saturated heterocycles. The molecule has 0 saturated carbocycles. The van der Waals surface area contributed by atoms with Crippen LogP contribution in [0.5, 0.6) is 5.75 Å². The number of methoxy groups -OCH3 is 1. The molecule has 2 N–H and O–H groups in total. The summed E-state index contributed by atoms with van der Waals surface area (Å²) in [5, 5.41) is 15.1. The first-order valence-electron chi connectivity index (χ1n) is 9.61. The maximum absolute atomic E-state index is 12.5. The molecular weight excluding hydrogens is 486 g/mol. The molecule has 1 heterocycles. The van der Waals surface area contributed by atoms with E-state index in [1.165, 1.54) is 56.5 Å². The Balaban J connectivity index is 1.63. The average Bonchev–Trinajstić information content (AvgIpc) is 3.35. The number of rotatable bonds is 9. The molecule has 0 radical (unpaired) electrons. The summed E-state index contributed by atoms with van der Waals surface area (Å²) in [5.41, 5.74) is 0.127. The maximum Gasteiger partial charge on any atom is 0.338 e. The summed E-state index contributed by atoms with van der Waals surface area (Å²) >= 11 is 1.07. The van der Waals surface area contributed by atoms with Gasteiger partial charge >= 0.3 is 5.97 Å². The van der Waals surface area contributed by atoms with Crippen molar-refractivity contribution in [3.63, 3.8) is 0 Å². The van der Waals surface area contributed by atoms with E-state index in [4.69, 9.17) is 9.47 Å². The summed E-state index contributed by atoms with van der Waals surface area (Å²) in [4.78, 5) is 35.2. The van der Waals surface area contributed by atoms with E-state index in [9.17, 15) is 28.1 Å². The van der Waals surface area contributed by atoms with Crippen molar-refractivity contribution in [3.8, 4) is 5.75 Å². The highest BCUT2D eigenvalue weighted by atomic mass is 32.2. The van der Waals surface area contributed by atoms with Crippen LogP contribution in [0.1, 0.15) is 17.3 Å². The van der Waals surface area contributed by atoms with Crippen molar-refractivity contribution in [2.24, 2.45) is 0 Å². The van der Waals surface area contributed by atoms with Gasteiger partial charge in [0.15, 0.2) is 6.10 Å². The van der Waals surface area contributed by atoms with Gasteiger partial charge in [0.05, 0.1) is 23.3 Å². The molecule has 0 aliphatic rings. The van der Waals surface area contributed by atoms with Crippen molar-refractivity contribution in [3.05, 3.63) is 75.7 Å². The lowest BCUT2D eigenvalue weighted by Crippen LogP contribution is -2.30. The van der Waals surface area contributed by atoms with Crippen LogP contribution < -0.4 is 14.8 Å². The Hall–Kier alpha value is -3.97. The Labute approximate surface area is 198 Å². The number of nitrogens with one attached hydrogen (secondary N) is 2. The fourth-order valence-electron chi connectivity index (χ4n) is 2.72. The van der Waals surface area contributed by atoms with Gasteiger partial charge in [-0.1, -0.05) is 6.07 Å². The molecule has 3 rings (SSSR count). The van der Waals surface area contributed by atoms with Crippen LogP contribution >= 0.6 is 11.3 Å². The summed E-state index contributed by atoms with van der Waals surface area (Å²) in [6, 6.07) is 12.2. The van der Waals surface area contributed by atoms with Gasteiger partial charge in [0.2, 0.25) is 0 Å². The highest BCUT2D eigenvalue weighted by molar-refractivity contribution is 7.94. The summed E-state index contributed by atoms with van der Waals surface area (Å²) < 4.78 is 37.3. The number of anilines is 2. The Morgan fingerprint density at radius 2 is 1.82 bits per heavy atom. The number of carbonyl (C=O) groups is 2. The zero-order valence-corrected chi connectivity index (χ0v) is 19.5. The molecule has 178 valence electrons. The minimum Gasteiger partial charge on any atom is -0.495 e. The Morgan fingerprint density at radius 1 is 1.12 bits per heavy atom. The van der Waals surface area contributed by atoms with Crippen LogP contribution in [-0.2, 0) is 19.6 Å². The van der Waals surface area contributed by atoms with Crippen LogP contribution in [0.15, 0.2) is 64.2 Å². The minimum absolute atomic E-state index is 0.0481. The number of nitro groups is 1. The van der Waals surface area contributed by atoms with E-state index in [1.807, 2.05) is 0 Å². The first kappa shape index (κ1) is 24.7. The fourth-order valence-corrected chi connectivity index (χ4v) is 4.77. The van der Waals surface area contributed by atoms with Gasteiger partial charge in [-0.05, 0) is 48.7 Å². The van der Waals surface area contributed by atoms with Crippen molar-refractivity contribution < 1.29 is 32.4 Å². The van der Waals surface area contributed by atoms with E-state index in [2.05, 4.69) is 10.0 Å². The summed E-state index contributed by atoms with van der Waals surface area (Å²) in [6.45, 7) is 1.33. The van der Waals surface area contributed by atoms with Crippen molar-refractivity contribution in [2.45, 2.75) is 17.2 Å². The third kappa shape index (κ3) is 5.88. The van der Waals surface area contributed by atoms with Crippen LogP contribution in [0.4, 0.5) is 17.1 Å². The van der Waals surface area contributed by atoms with Crippen LogP contribution in [0.2, 0.25) is 0 Å². The molecule has 0 aliphatic heterocycles. The number of thiophene rings is 1. The largest absolute Gasteiger partial charge is 0.495 e. The second-order valence-corrected chi connectivity index (χ2v) is 9.65. The van der Waals surface area contributed by atoms with Gasteiger partial charge < -0.3 is 14.8 Å². The van der Waals surface area contributed by atoms with Crippen LogP contribution in [-0.4, -0.2) is 38.4 Å². The van der Waals surface area contributed by atoms with E-state index in [0.29, 0.717) is 0 Å². The molecule has 11 nitrogen and oxygen atoms in total. The molecule has 1 aromatic heterocycles. The van der Waals surface area contributed by atoms with E-state index < -0.39 is 32.9 Å². The van der Waals surface area contributed by atoms with Crippen LogP contribution in [0, 0.1) is 10.1 Å². The quantitative estimate of drug-likeness (QED) is 0.254. The van der Waals surface area contributed by atoms with Gasteiger partial charge in [-0.25, -0.2) is 13.2 Å². The second-order valence-electron chi connectivity index (χ2n) is 6.79. The van der Waals surface area contributed by atoms with E-state index in [0.717, 1.165) is 17.4 Å². The number of nitro benzene ring substituents is 1. The highest BCUT2D eigenvalue weighted by Crippen LogP contribution is 2.29. The van der Waals surface area contributed by atoms with Crippen molar-refractivity contribution in [2.75, 3.05) is 17.1 Å². The third-order valence-corrected chi connectivity index (χ3v) is 7.22. The van der Waals surface area contributed by atoms with Gasteiger partial charge in [-0.15, -0.1) is 11.3 Å². The highest BCUT2D eigenvalue weighted by Gasteiger charge is 2.22. The summed E-state index contributed by atoms with van der Waals surface area (Å²) in [6.07, 6.45) is -1.24. The number of nitrogens with zero attached hydrogens (tertiary/aromatic N) is 1. The number of amides is 1. The number of carbonyl (C=O) groups excluding carboxylic acids is 2. The maximum atomic E-state index is 12.5. The van der Waals surface area contributed by atoms with Gasteiger partial charge in [-0.2, -0.15) is 0 Å². The molecule has 3 aromatic rings. The molecule has 1 atom stereocenters. The van der Waals surface area contributed by atoms with Crippen molar-refractivity contribution >= 4 is 50.3 Å². The zero-order chi connectivity index (χ0) is 24.9. The molecule has 2 aromatic carbocycles. The van der Waals surface area contributed by atoms with Gasteiger partial charge in [-0.3, -0.25) is 19.6 Å². The molecule has 0 bridgehead atoms. The molecule has 0 fully saturated rings. The molecule has 13 heteroatoms. The number of ether oxygens (including phenoxy) is 2. The van der Waals surface area contributed by atoms with Crippen molar-refractivity contribution in [1.82, 2.24) is 0 Å². The predicted octanol–water partition coefficient (Wildman–Crippen LogP) is 3.65. The standard InChI is InChI=1S/C21H19N3O8S2/c1-13(20(25)22-17-12-16(24(27)28)9-10-18(17)31-2)32-21(26)14-5-7-15(8-6-14)23-34(29,30)19-4-3-11-33-19/h3-13,23H,1-2H3,(H,22,25)/t13-/m0/s1. The third-order valence-electron chi connectivity index (χ3n) is 4.44. The first-order valence-corrected chi connectivity index (χ1v) is 12.0. The molecular formula is C21H19N3O8S2. The van der Waals surface area contributed by atoms with Crippen LogP contribution in [0.25, 0.3) is 0 Å². The Bertz CT molecular complexity index is 1310.